The number of ether oxygens (including phenoxy) is 2. The molecule has 4 nitrogen and oxygen atoms in total. The predicted octanol–water partition coefficient (Wildman–Crippen LogP) is 8.99. The van der Waals surface area contributed by atoms with Crippen molar-refractivity contribution in [1.29, 1.82) is 0 Å². The molecule has 0 spiro atoms. The standard InChI is InChI=1S/C37H45NO3Si/c1-29(28-38-37(31-15-9-7-10-16-31)32-17-11-8-12-18-32)21-23-33(39)19-13-14-20-36(42(4,5)6)24-22-30-25-34(40-2)27-35(26-30)41-3/h7-12,15-18,20-27,29H,13-14,19,28H2,1-6H3/b23-21-,24-22+,36-20-/t29-/m1/s1. The van der Waals surface area contributed by atoms with Crippen molar-refractivity contribution in [3.8, 4) is 11.5 Å². The molecular weight excluding hydrogens is 534 g/mol. The number of ketones is 1. The van der Waals surface area contributed by atoms with Gasteiger partial charge < -0.3 is 9.47 Å². The van der Waals surface area contributed by atoms with Gasteiger partial charge in [-0.1, -0.05) is 117 Å². The number of methoxy groups -OCH3 is 2. The Morgan fingerprint density at radius 2 is 1.43 bits per heavy atom. The molecule has 0 N–H and O–H groups in total. The van der Waals surface area contributed by atoms with Gasteiger partial charge in [0.05, 0.1) is 28.0 Å². The van der Waals surface area contributed by atoms with Crippen molar-refractivity contribution >= 4 is 25.6 Å². The molecule has 3 rings (SSSR count). The number of aliphatic imine (C=N–C) groups is 1. The van der Waals surface area contributed by atoms with Crippen LogP contribution >= 0.6 is 0 Å². The molecule has 3 aromatic carbocycles. The van der Waals surface area contributed by atoms with Crippen molar-refractivity contribution in [1.82, 2.24) is 0 Å². The highest BCUT2D eigenvalue weighted by atomic mass is 28.3. The van der Waals surface area contributed by atoms with Gasteiger partial charge in [0.15, 0.2) is 5.78 Å². The van der Waals surface area contributed by atoms with Crippen LogP contribution in [0.5, 0.6) is 11.5 Å². The molecule has 1 atom stereocenters. The summed E-state index contributed by atoms with van der Waals surface area (Å²) in [6, 6.07) is 26.4. The second-order valence-corrected chi connectivity index (χ2v) is 16.6. The van der Waals surface area contributed by atoms with E-state index < -0.39 is 8.07 Å². The van der Waals surface area contributed by atoms with E-state index in [1.165, 1.54) is 5.20 Å². The largest absolute Gasteiger partial charge is 0.497 e. The zero-order valence-corrected chi connectivity index (χ0v) is 27.0. The molecule has 0 aliphatic rings. The Balaban J connectivity index is 1.56. The first-order chi connectivity index (χ1) is 20.2. The number of allylic oxidation sites excluding steroid dienone is 4. The van der Waals surface area contributed by atoms with Gasteiger partial charge in [0.25, 0.3) is 0 Å². The van der Waals surface area contributed by atoms with Crippen molar-refractivity contribution in [2.45, 2.75) is 45.8 Å². The van der Waals surface area contributed by atoms with Crippen LogP contribution in [0.2, 0.25) is 19.6 Å². The van der Waals surface area contributed by atoms with Crippen LogP contribution in [0.25, 0.3) is 6.08 Å². The summed E-state index contributed by atoms with van der Waals surface area (Å²) in [6.07, 6.45) is 12.6. The third-order valence-corrected chi connectivity index (χ3v) is 9.03. The highest BCUT2D eigenvalue weighted by molar-refractivity contribution is 6.83. The fourth-order valence-corrected chi connectivity index (χ4v) is 5.80. The molecule has 0 aromatic heterocycles. The van der Waals surface area contributed by atoms with Gasteiger partial charge in [-0.25, -0.2) is 0 Å². The number of unbranched alkanes of at least 4 members (excludes halogenated alkanes) is 1. The minimum Gasteiger partial charge on any atom is -0.497 e. The van der Waals surface area contributed by atoms with E-state index in [4.69, 9.17) is 14.5 Å². The molecule has 0 saturated carbocycles. The van der Waals surface area contributed by atoms with E-state index in [0.717, 1.165) is 46.7 Å². The first kappa shape index (κ1) is 32.6. The molecule has 0 unspecified atom stereocenters. The predicted molar refractivity (Wildman–Crippen MR) is 181 cm³/mol. The van der Waals surface area contributed by atoms with Gasteiger partial charge in [0, 0.05) is 30.2 Å². The van der Waals surface area contributed by atoms with Crippen LogP contribution in [0, 0.1) is 5.92 Å². The highest BCUT2D eigenvalue weighted by Gasteiger charge is 2.17. The van der Waals surface area contributed by atoms with Crippen LogP contribution in [0.1, 0.15) is 42.9 Å². The smallest absolute Gasteiger partial charge is 0.155 e. The maximum atomic E-state index is 12.6. The molecule has 0 saturated heterocycles. The van der Waals surface area contributed by atoms with Gasteiger partial charge in [-0.15, -0.1) is 0 Å². The van der Waals surface area contributed by atoms with E-state index in [0.29, 0.717) is 13.0 Å². The zero-order chi connectivity index (χ0) is 30.4. The first-order valence-corrected chi connectivity index (χ1v) is 18.2. The molecule has 0 aliphatic carbocycles. The van der Waals surface area contributed by atoms with Crippen LogP contribution in [0.3, 0.4) is 0 Å². The summed E-state index contributed by atoms with van der Waals surface area (Å²) >= 11 is 0. The maximum Gasteiger partial charge on any atom is 0.155 e. The molecular formula is C37H45NO3Si. The Morgan fingerprint density at radius 3 is 1.95 bits per heavy atom. The first-order valence-electron chi connectivity index (χ1n) is 14.7. The van der Waals surface area contributed by atoms with Gasteiger partial charge in [-0.3, -0.25) is 9.79 Å². The number of rotatable bonds is 15. The highest BCUT2D eigenvalue weighted by Crippen LogP contribution is 2.25. The van der Waals surface area contributed by atoms with Gasteiger partial charge in [-0.05, 0) is 42.5 Å². The van der Waals surface area contributed by atoms with Crippen LogP contribution in [-0.4, -0.2) is 40.3 Å². The van der Waals surface area contributed by atoms with Crippen LogP contribution < -0.4 is 9.47 Å². The summed E-state index contributed by atoms with van der Waals surface area (Å²) in [5, 5.41) is 1.37. The second-order valence-electron chi connectivity index (χ2n) is 11.5. The lowest BCUT2D eigenvalue weighted by Gasteiger charge is -2.18. The Labute approximate surface area is 253 Å². The lowest BCUT2D eigenvalue weighted by molar-refractivity contribution is -0.114. The van der Waals surface area contributed by atoms with E-state index in [1.807, 2.05) is 60.7 Å². The van der Waals surface area contributed by atoms with Crippen molar-refractivity contribution in [2.75, 3.05) is 20.8 Å². The monoisotopic (exact) mass is 579 g/mol. The van der Waals surface area contributed by atoms with Crippen LogP contribution in [0.15, 0.2) is 113 Å². The fourth-order valence-electron chi connectivity index (χ4n) is 4.46. The Bertz CT molecular complexity index is 1340. The summed E-state index contributed by atoms with van der Waals surface area (Å²) in [6.45, 7) is 9.75. The van der Waals surface area contributed by atoms with E-state index >= 15 is 0 Å². The molecule has 3 aromatic rings. The lowest BCUT2D eigenvalue weighted by atomic mass is 10.0. The molecule has 0 amide bonds. The molecule has 0 aliphatic heterocycles. The summed E-state index contributed by atoms with van der Waals surface area (Å²) < 4.78 is 10.8. The summed E-state index contributed by atoms with van der Waals surface area (Å²) in [5.74, 6) is 1.87. The third kappa shape index (κ3) is 10.8. The van der Waals surface area contributed by atoms with E-state index in [1.54, 1.807) is 20.3 Å². The number of carbonyl (C=O) groups is 1. The summed E-state index contributed by atoms with van der Waals surface area (Å²) in [5.41, 5.74) is 4.21. The number of hydrogen-bond acceptors (Lipinski definition) is 4. The molecule has 0 heterocycles. The Kier molecular flexibility index (Phi) is 12.8. The maximum absolute atomic E-state index is 12.6. The third-order valence-electron chi connectivity index (χ3n) is 6.93. The summed E-state index contributed by atoms with van der Waals surface area (Å²) in [7, 11) is 1.76. The van der Waals surface area contributed by atoms with Crippen molar-refractivity contribution in [3.63, 3.8) is 0 Å². The average Bonchev–Trinajstić information content (AvgIpc) is 2.99. The van der Waals surface area contributed by atoms with E-state index in [9.17, 15) is 4.79 Å². The van der Waals surface area contributed by atoms with E-state index in [-0.39, 0.29) is 11.7 Å². The molecule has 42 heavy (non-hydrogen) atoms. The number of benzene rings is 3. The molecule has 220 valence electrons. The minimum atomic E-state index is -1.56. The number of carbonyl (C=O) groups excluding carboxylic acids is 1. The quantitative estimate of drug-likeness (QED) is 0.0593. The molecule has 0 radical (unpaired) electrons. The number of hydrogen-bond donors (Lipinski definition) is 0. The van der Waals surface area contributed by atoms with Crippen molar-refractivity contribution in [3.05, 3.63) is 125 Å². The van der Waals surface area contributed by atoms with Crippen LogP contribution in [-0.2, 0) is 4.79 Å². The average molecular weight is 580 g/mol. The van der Waals surface area contributed by atoms with Crippen molar-refractivity contribution < 1.29 is 14.3 Å². The summed E-state index contributed by atoms with van der Waals surface area (Å²) in [4.78, 5) is 17.6. The van der Waals surface area contributed by atoms with Gasteiger partial charge >= 0.3 is 0 Å². The van der Waals surface area contributed by atoms with Gasteiger partial charge in [0.1, 0.15) is 11.5 Å². The molecule has 0 fully saturated rings. The normalized spacial score (nSPS) is 12.9. The Hall–Kier alpha value is -3.96. The lowest BCUT2D eigenvalue weighted by Crippen LogP contribution is -2.22. The molecule has 0 bridgehead atoms. The topological polar surface area (TPSA) is 47.9 Å². The minimum absolute atomic E-state index is 0.162. The SMILES string of the molecule is COc1cc(/C=C/C(=C/CCCC(=O)/C=C\[C@@H](C)CN=C(c2ccccc2)c2ccccc2)[Si](C)(C)C)cc(OC)c1. The zero-order valence-electron chi connectivity index (χ0n) is 26.0. The number of nitrogens with zero attached hydrogens (tertiary/aromatic N) is 1. The van der Waals surface area contributed by atoms with E-state index in [2.05, 4.69) is 69.1 Å². The molecule has 5 heteroatoms. The fraction of sp³-hybridized carbons (Fsp3) is 0.297. The van der Waals surface area contributed by atoms with Gasteiger partial charge in [-0.2, -0.15) is 0 Å². The van der Waals surface area contributed by atoms with Crippen LogP contribution in [0.4, 0.5) is 0 Å². The Morgan fingerprint density at radius 1 is 0.857 bits per heavy atom. The second kappa shape index (κ2) is 16.5. The van der Waals surface area contributed by atoms with Crippen molar-refractivity contribution in [2.24, 2.45) is 10.9 Å². The van der Waals surface area contributed by atoms with Gasteiger partial charge in [0.2, 0.25) is 0 Å².